The molecule has 0 aliphatic carbocycles. The number of hydrogen-bond donors (Lipinski definition) is 1. The summed E-state index contributed by atoms with van der Waals surface area (Å²) < 4.78 is 14.0. The summed E-state index contributed by atoms with van der Waals surface area (Å²) in [5.41, 5.74) is 7.56. The van der Waals surface area contributed by atoms with Crippen LogP contribution in [0.5, 0.6) is 0 Å². The molecule has 21 heavy (non-hydrogen) atoms. The number of nitrogens with zero attached hydrogens (tertiary/aromatic N) is 1. The highest BCUT2D eigenvalue weighted by molar-refractivity contribution is 6.31. The normalized spacial score (nSPS) is 14.2. The van der Waals surface area contributed by atoms with Gasteiger partial charge in [-0.2, -0.15) is 0 Å². The first-order valence-electron chi connectivity index (χ1n) is 6.97. The minimum absolute atomic E-state index is 0.0618. The SMILES string of the molecule is CC(c1ccccc1F)N(C)C(CN)c1ccccc1Cl. The second-order valence-corrected chi connectivity index (χ2v) is 5.54. The summed E-state index contributed by atoms with van der Waals surface area (Å²) in [7, 11) is 1.94. The molecule has 0 amide bonds. The van der Waals surface area contributed by atoms with Crippen molar-refractivity contribution in [2.45, 2.75) is 19.0 Å². The standard InChI is InChI=1S/C17H20ClFN2/c1-12(13-7-4-6-10-16(13)19)21(2)17(11-20)14-8-3-5-9-15(14)18/h3-10,12,17H,11,20H2,1-2H3. The van der Waals surface area contributed by atoms with Crippen LogP contribution < -0.4 is 5.73 Å². The van der Waals surface area contributed by atoms with Gasteiger partial charge in [-0.25, -0.2) is 4.39 Å². The van der Waals surface area contributed by atoms with Crippen LogP contribution in [-0.2, 0) is 0 Å². The third-order valence-electron chi connectivity index (χ3n) is 3.95. The van der Waals surface area contributed by atoms with E-state index in [0.717, 1.165) is 5.56 Å². The molecule has 2 unspecified atom stereocenters. The van der Waals surface area contributed by atoms with Crippen molar-refractivity contribution in [3.05, 3.63) is 70.5 Å². The Morgan fingerprint density at radius 2 is 1.67 bits per heavy atom. The zero-order valence-corrected chi connectivity index (χ0v) is 13.0. The summed E-state index contributed by atoms with van der Waals surface area (Å²) in [6.45, 7) is 2.39. The van der Waals surface area contributed by atoms with E-state index in [4.69, 9.17) is 17.3 Å². The molecule has 4 heteroatoms. The van der Waals surface area contributed by atoms with E-state index >= 15 is 0 Å². The average Bonchev–Trinajstić information content (AvgIpc) is 2.49. The van der Waals surface area contributed by atoms with Gasteiger partial charge in [0.1, 0.15) is 5.82 Å². The van der Waals surface area contributed by atoms with Gasteiger partial charge in [-0.1, -0.05) is 48.0 Å². The molecule has 0 aromatic heterocycles. The Balaban J connectivity index is 2.31. The topological polar surface area (TPSA) is 29.3 Å². The van der Waals surface area contributed by atoms with Gasteiger partial charge in [0.25, 0.3) is 0 Å². The predicted octanol–water partition coefficient (Wildman–Crippen LogP) is 4.17. The summed E-state index contributed by atoms with van der Waals surface area (Å²) in [4.78, 5) is 2.06. The van der Waals surface area contributed by atoms with Crippen LogP contribution in [0.3, 0.4) is 0 Å². The van der Waals surface area contributed by atoms with Crippen molar-refractivity contribution >= 4 is 11.6 Å². The summed E-state index contributed by atoms with van der Waals surface area (Å²) in [6, 6.07) is 14.3. The fourth-order valence-electron chi connectivity index (χ4n) is 2.56. The van der Waals surface area contributed by atoms with Crippen molar-refractivity contribution in [2.24, 2.45) is 5.73 Å². The zero-order chi connectivity index (χ0) is 15.4. The Morgan fingerprint density at radius 3 is 2.24 bits per heavy atom. The van der Waals surface area contributed by atoms with Gasteiger partial charge < -0.3 is 5.73 Å². The van der Waals surface area contributed by atoms with Crippen molar-refractivity contribution in [3.63, 3.8) is 0 Å². The number of benzene rings is 2. The van der Waals surface area contributed by atoms with E-state index in [1.54, 1.807) is 12.1 Å². The molecule has 2 nitrogen and oxygen atoms in total. The summed E-state index contributed by atoms with van der Waals surface area (Å²) in [6.07, 6.45) is 0. The molecule has 112 valence electrons. The highest BCUT2D eigenvalue weighted by atomic mass is 35.5. The predicted molar refractivity (Wildman–Crippen MR) is 85.8 cm³/mol. The van der Waals surface area contributed by atoms with Gasteiger partial charge in [0.2, 0.25) is 0 Å². The molecule has 2 rings (SSSR count). The molecule has 2 N–H and O–H groups in total. The zero-order valence-electron chi connectivity index (χ0n) is 12.3. The van der Waals surface area contributed by atoms with E-state index in [1.165, 1.54) is 6.07 Å². The molecule has 0 saturated carbocycles. The van der Waals surface area contributed by atoms with Crippen molar-refractivity contribution in [2.75, 3.05) is 13.6 Å². The van der Waals surface area contributed by atoms with E-state index < -0.39 is 0 Å². The summed E-state index contributed by atoms with van der Waals surface area (Å²) in [5, 5.41) is 0.681. The minimum Gasteiger partial charge on any atom is -0.329 e. The molecule has 0 spiro atoms. The molecule has 0 aliphatic rings. The van der Waals surface area contributed by atoms with Gasteiger partial charge in [0, 0.05) is 29.2 Å². The Morgan fingerprint density at radius 1 is 1.10 bits per heavy atom. The second kappa shape index (κ2) is 7.03. The lowest BCUT2D eigenvalue weighted by Gasteiger charge is -2.33. The third-order valence-corrected chi connectivity index (χ3v) is 4.29. The van der Waals surface area contributed by atoms with E-state index in [9.17, 15) is 4.39 Å². The Labute approximate surface area is 130 Å². The summed E-state index contributed by atoms with van der Waals surface area (Å²) in [5.74, 6) is -0.202. The number of likely N-dealkylation sites (N-methyl/N-ethyl adjacent to an activating group) is 1. The van der Waals surface area contributed by atoms with E-state index in [1.807, 2.05) is 44.3 Å². The van der Waals surface area contributed by atoms with Crippen LogP contribution in [-0.4, -0.2) is 18.5 Å². The first-order chi connectivity index (χ1) is 10.1. The first-order valence-corrected chi connectivity index (χ1v) is 7.35. The average molecular weight is 307 g/mol. The minimum atomic E-state index is -0.202. The van der Waals surface area contributed by atoms with E-state index in [2.05, 4.69) is 4.90 Å². The molecule has 0 fully saturated rings. The van der Waals surface area contributed by atoms with Crippen LogP contribution in [0, 0.1) is 5.82 Å². The molecular formula is C17H20ClFN2. The lowest BCUT2D eigenvalue weighted by Crippen LogP contribution is -2.33. The van der Waals surface area contributed by atoms with Gasteiger partial charge in [-0.3, -0.25) is 4.90 Å². The van der Waals surface area contributed by atoms with Gasteiger partial charge in [-0.05, 0) is 31.7 Å². The largest absolute Gasteiger partial charge is 0.329 e. The van der Waals surface area contributed by atoms with E-state index in [-0.39, 0.29) is 17.9 Å². The van der Waals surface area contributed by atoms with Gasteiger partial charge in [-0.15, -0.1) is 0 Å². The molecule has 2 aromatic rings. The number of hydrogen-bond acceptors (Lipinski definition) is 2. The second-order valence-electron chi connectivity index (χ2n) is 5.14. The molecular weight excluding hydrogens is 287 g/mol. The van der Waals surface area contributed by atoms with Crippen LogP contribution in [0.2, 0.25) is 5.02 Å². The lowest BCUT2D eigenvalue weighted by molar-refractivity contribution is 0.187. The molecule has 0 bridgehead atoms. The van der Waals surface area contributed by atoms with Gasteiger partial charge >= 0.3 is 0 Å². The lowest BCUT2D eigenvalue weighted by atomic mass is 10.0. The van der Waals surface area contributed by atoms with Crippen molar-refractivity contribution in [1.29, 1.82) is 0 Å². The van der Waals surface area contributed by atoms with Crippen molar-refractivity contribution < 1.29 is 4.39 Å². The number of halogens is 2. The molecule has 2 aromatic carbocycles. The Bertz CT molecular complexity index is 603. The van der Waals surface area contributed by atoms with Gasteiger partial charge in [0.05, 0.1) is 0 Å². The quantitative estimate of drug-likeness (QED) is 0.898. The van der Waals surface area contributed by atoms with E-state index in [0.29, 0.717) is 17.1 Å². The van der Waals surface area contributed by atoms with Crippen LogP contribution in [0.25, 0.3) is 0 Å². The van der Waals surface area contributed by atoms with Crippen molar-refractivity contribution in [1.82, 2.24) is 4.90 Å². The highest BCUT2D eigenvalue weighted by Gasteiger charge is 2.24. The van der Waals surface area contributed by atoms with Crippen LogP contribution in [0.15, 0.2) is 48.5 Å². The third kappa shape index (κ3) is 3.43. The molecule has 0 aliphatic heterocycles. The highest BCUT2D eigenvalue weighted by Crippen LogP contribution is 2.32. The maximum Gasteiger partial charge on any atom is 0.127 e. The molecule has 2 atom stereocenters. The smallest absolute Gasteiger partial charge is 0.127 e. The van der Waals surface area contributed by atoms with Crippen LogP contribution >= 0.6 is 11.6 Å². The fourth-order valence-corrected chi connectivity index (χ4v) is 2.82. The van der Waals surface area contributed by atoms with Crippen LogP contribution in [0.4, 0.5) is 4.39 Å². The fraction of sp³-hybridized carbons (Fsp3) is 0.294. The molecule has 0 heterocycles. The monoisotopic (exact) mass is 306 g/mol. The maximum absolute atomic E-state index is 14.0. The summed E-state index contributed by atoms with van der Waals surface area (Å²) >= 11 is 6.27. The van der Waals surface area contributed by atoms with Crippen LogP contribution in [0.1, 0.15) is 30.1 Å². The number of rotatable bonds is 5. The first kappa shape index (κ1) is 16.0. The van der Waals surface area contributed by atoms with Gasteiger partial charge in [0.15, 0.2) is 0 Å². The number of nitrogens with two attached hydrogens (primary N) is 1. The molecule has 0 radical (unpaired) electrons. The van der Waals surface area contributed by atoms with Crippen molar-refractivity contribution in [3.8, 4) is 0 Å². The Hall–Kier alpha value is -1.42. The Kier molecular flexibility index (Phi) is 5.34. The molecule has 0 saturated heterocycles. The maximum atomic E-state index is 14.0.